The largest absolute Gasteiger partial charge is 0.497 e. The molecule has 104 valence electrons. The van der Waals surface area contributed by atoms with Crippen LogP contribution in [0.4, 0.5) is 11.4 Å². The molecule has 4 nitrogen and oxygen atoms in total. The molecule has 1 amide bonds. The maximum Gasteiger partial charge on any atom is 0.231 e. The summed E-state index contributed by atoms with van der Waals surface area (Å²) in [5, 5.41) is 0. The van der Waals surface area contributed by atoms with Crippen molar-refractivity contribution in [2.45, 2.75) is 6.42 Å². The fraction of sp³-hybridized carbons (Fsp3) is 0.188. The normalized spacial score (nSPS) is 10.1. The van der Waals surface area contributed by atoms with Crippen LogP contribution < -0.4 is 15.4 Å². The Morgan fingerprint density at radius 1 is 1.10 bits per heavy atom. The molecule has 4 heteroatoms. The van der Waals surface area contributed by atoms with Crippen LogP contribution in [0.25, 0.3) is 0 Å². The second-order valence-electron chi connectivity index (χ2n) is 4.57. The number of methoxy groups -OCH3 is 1. The number of carbonyl (C=O) groups is 1. The van der Waals surface area contributed by atoms with E-state index in [9.17, 15) is 4.79 Å². The van der Waals surface area contributed by atoms with Gasteiger partial charge >= 0.3 is 0 Å². The number of ether oxygens (including phenoxy) is 1. The fourth-order valence-electron chi connectivity index (χ4n) is 1.88. The highest BCUT2D eigenvalue weighted by Crippen LogP contribution is 2.17. The number of nitrogens with two attached hydrogens (primary N) is 1. The number of nitrogen functional groups attached to an aromatic ring is 1. The Hall–Kier alpha value is -2.49. The fourth-order valence-corrected chi connectivity index (χ4v) is 1.88. The van der Waals surface area contributed by atoms with Gasteiger partial charge in [0.05, 0.1) is 13.5 Å². The standard InChI is InChI=1S/C16H18N2O2/c1-18(14-7-5-13(17)6-8-14)16(19)11-12-3-9-15(20-2)10-4-12/h3-10H,11,17H2,1-2H3. The minimum absolute atomic E-state index is 0.0277. The van der Waals surface area contributed by atoms with E-state index >= 15 is 0 Å². The number of likely N-dealkylation sites (N-methyl/N-ethyl adjacent to an activating group) is 1. The summed E-state index contributed by atoms with van der Waals surface area (Å²) < 4.78 is 5.09. The lowest BCUT2D eigenvalue weighted by molar-refractivity contribution is -0.117. The predicted octanol–water partition coefficient (Wildman–Crippen LogP) is 2.48. The van der Waals surface area contributed by atoms with E-state index in [0.29, 0.717) is 12.1 Å². The maximum absolute atomic E-state index is 12.2. The molecular weight excluding hydrogens is 252 g/mol. The summed E-state index contributed by atoms with van der Waals surface area (Å²) in [5.74, 6) is 0.813. The van der Waals surface area contributed by atoms with Crippen molar-refractivity contribution in [3.63, 3.8) is 0 Å². The van der Waals surface area contributed by atoms with Gasteiger partial charge in [0.15, 0.2) is 0 Å². The van der Waals surface area contributed by atoms with Gasteiger partial charge in [-0.1, -0.05) is 12.1 Å². The van der Waals surface area contributed by atoms with Gasteiger partial charge in [0.2, 0.25) is 5.91 Å². The molecule has 0 radical (unpaired) electrons. The van der Waals surface area contributed by atoms with Gasteiger partial charge in [-0.15, -0.1) is 0 Å². The zero-order valence-corrected chi connectivity index (χ0v) is 11.7. The topological polar surface area (TPSA) is 55.6 Å². The number of carbonyl (C=O) groups excluding carboxylic acids is 1. The van der Waals surface area contributed by atoms with E-state index in [1.165, 1.54) is 0 Å². The molecule has 0 saturated heterocycles. The Labute approximate surface area is 118 Å². The lowest BCUT2D eigenvalue weighted by Gasteiger charge is -2.17. The van der Waals surface area contributed by atoms with Crippen molar-refractivity contribution < 1.29 is 9.53 Å². The molecule has 0 fully saturated rings. The molecule has 0 atom stereocenters. The summed E-state index contributed by atoms with van der Waals surface area (Å²) in [6, 6.07) is 14.7. The van der Waals surface area contributed by atoms with Crippen molar-refractivity contribution >= 4 is 17.3 Å². The third-order valence-electron chi connectivity index (χ3n) is 3.17. The Balaban J connectivity index is 2.05. The molecule has 0 spiro atoms. The molecule has 0 bridgehead atoms. The molecule has 0 saturated carbocycles. The monoisotopic (exact) mass is 270 g/mol. The summed E-state index contributed by atoms with van der Waals surface area (Å²) in [5.41, 5.74) is 8.11. The number of hydrogen-bond donors (Lipinski definition) is 1. The summed E-state index contributed by atoms with van der Waals surface area (Å²) in [7, 11) is 3.38. The molecule has 2 aromatic rings. The maximum atomic E-state index is 12.2. The highest BCUT2D eigenvalue weighted by Gasteiger charge is 2.11. The first-order valence-electron chi connectivity index (χ1n) is 6.35. The molecule has 2 rings (SSSR count). The van der Waals surface area contributed by atoms with Gasteiger partial charge in [0.25, 0.3) is 0 Å². The minimum Gasteiger partial charge on any atom is -0.497 e. The molecule has 2 aromatic carbocycles. The Morgan fingerprint density at radius 3 is 2.25 bits per heavy atom. The number of rotatable bonds is 4. The molecule has 0 aromatic heterocycles. The Bertz CT molecular complexity index is 576. The van der Waals surface area contributed by atoms with Crippen LogP contribution in [0.2, 0.25) is 0 Å². The summed E-state index contributed by atoms with van der Waals surface area (Å²) in [6.45, 7) is 0. The number of hydrogen-bond acceptors (Lipinski definition) is 3. The molecule has 0 aliphatic rings. The first kappa shape index (κ1) is 13.9. The van der Waals surface area contributed by atoms with E-state index in [1.807, 2.05) is 36.4 Å². The molecule has 2 N–H and O–H groups in total. The van der Waals surface area contributed by atoms with E-state index in [2.05, 4.69) is 0 Å². The molecule has 0 unspecified atom stereocenters. The van der Waals surface area contributed by atoms with Gasteiger partial charge in [-0.05, 0) is 42.0 Å². The van der Waals surface area contributed by atoms with Gasteiger partial charge in [0.1, 0.15) is 5.75 Å². The van der Waals surface area contributed by atoms with E-state index in [0.717, 1.165) is 17.0 Å². The van der Waals surface area contributed by atoms with E-state index in [1.54, 1.807) is 31.2 Å². The van der Waals surface area contributed by atoms with Crippen LogP contribution in [0.5, 0.6) is 5.75 Å². The van der Waals surface area contributed by atoms with Crippen molar-refractivity contribution in [2.24, 2.45) is 0 Å². The Kier molecular flexibility index (Phi) is 4.25. The highest BCUT2D eigenvalue weighted by atomic mass is 16.5. The van der Waals surface area contributed by atoms with Gasteiger partial charge < -0.3 is 15.4 Å². The van der Waals surface area contributed by atoms with Gasteiger partial charge in [-0.2, -0.15) is 0 Å². The van der Waals surface area contributed by atoms with Crippen molar-refractivity contribution in [2.75, 3.05) is 24.8 Å². The minimum atomic E-state index is 0.0277. The van der Waals surface area contributed by atoms with Crippen molar-refractivity contribution in [1.82, 2.24) is 0 Å². The molecule has 0 aliphatic carbocycles. The molecule has 20 heavy (non-hydrogen) atoms. The second kappa shape index (κ2) is 6.10. The highest BCUT2D eigenvalue weighted by molar-refractivity contribution is 5.94. The Morgan fingerprint density at radius 2 is 1.70 bits per heavy atom. The van der Waals surface area contributed by atoms with Crippen LogP contribution >= 0.6 is 0 Å². The SMILES string of the molecule is COc1ccc(CC(=O)N(C)c2ccc(N)cc2)cc1. The third-order valence-corrected chi connectivity index (χ3v) is 3.17. The van der Waals surface area contributed by atoms with Gasteiger partial charge in [0, 0.05) is 18.4 Å². The first-order valence-corrected chi connectivity index (χ1v) is 6.35. The second-order valence-corrected chi connectivity index (χ2v) is 4.57. The average molecular weight is 270 g/mol. The molecule has 0 heterocycles. The summed E-state index contributed by atoms with van der Waals surface area (Å²) in [6.07, 6.45) is 0.352. The average Bonchev–Trinajstić information content (AvgIpc) is 2.48. The van der Waals surface area contributed by atoms with Crippen LogP contribution in [-0.2, 0) is 11.2 Å². The lowest BCUT2D eigenvalue weighted by atomic mass is 10.1. The number of amides is 1. The van der Waals surface area contributed by atoms with Crippen molar-refractivity contribution in [1.29, 1.82) is 0 Å². The smallest absolute Gasteiger partial charge is 0.231 e. The number of benzene rings is 2. The van der Waals surface area contributed by atoms with Crippen molar-refractivity contribution in [3.8, 4) is 5.75 Å². The van der Waals surface area contributed by atoms with E-state index in [-0.39, 0.29) is 5.91 Å². The van der Waals surface area contributed by atoms with Gasteiger partial charge in [-0.25, -0.2) is 0 Å². The van der Waals surface area contributed by atoms with Crippen LogP contribution in [0.1, 0.15) is 5.56 Å². The van der Waals surface area contributed by atoms with E-state index < -0.39 is 0 Å². The third kappa shape index (κ3) is 3.29. The van der Waals surface area contributed by atoms with E-state index in [4.69, 9.17) is 10.5 Å². The summed E-state index contributed by atoms with van der Waals surface area (Å²) >= 11 is 0. The van der Waals surface area contributed by atoms with Crippen molar-refractivity contribution in [3.05, 3.63) is 54.1 Å². The molecule has 0 aliphatic heterocycles. The van der Waals surface area contributed by atoms with Crippen LogP contribution in [0.15, 0.2) is 48.5 Å². The zero-order chi connectivity index (χ0) is 14.5. The van der Waals surface area contributed by atoms with Crippen LogP contribution in [0, 0.1) is 0 Å². The van der Waals surface area contributed by atoms with Crippen LogP contribution in [-0.4, -0.2) is 20.1 Å². The number of anilines is 2. The zero-order valence-electron chi connectivity index (χ0n) is 11.7. The van der Waals surface area contributed by atoms with Gasteiger partial charge in [-0.3, -0.25) is 4.79 Å². The first-order chi connectivity index (χ1) is 9.60. The molecular formula is C16H18N2O2. The predicted molar refractivity (Wildman–Crippen MR) is 81.0 cm³/mol. The lowest BCUT2D eigenvalue weighted by Crippen LogP contribution is -2.27. The number of nitrogens with zero attached hydrogens (tertiary/aromatic N) is 1. The van der Waals surface area contributed by atoms with Crippen LogP contribution in [0.3, 0.4) is 0 Å². The summed E-state index contributed by atoms with van der Waals surface area (Å²) in [4.78, 5) is 13.8. The quantitative estimate of drug-likeness (QED) is 0.868.